The molecule has 0 saturated heterocycles. The summed E-state index contributed by atoms with van der Waals surface area (Å²) in [5, 5.41) is 0. The van der Waals surface area contributed by atoms with E-state index < -0.39 is 12.2 Å². The molecule has 0 saturated carbocycles. The summed E-state index contributed by atoms with van der Waals surface area (Å²) in [6.45, 7) is 0. The third kappa shape index (κ3) is 3.48. The second kappa shape index (κ2) is 5.32. The topological polar surface area (TPSA) is 35.2 Å². The van der Waals surface area contributed by atoms with Gasteiger partial charge in [-0.3, -0.25) is 0 Å². The molecule has 0 aliphatic rings. The van der Waals surface area contributed by atoms with Gasteiger partial charge in [-0.2, -0.15) is 13.2 Å². The van der Waals surface area contributed by atoms with E-state index in [1.807, 2.05) is 6.07 Å². The third-order valence-electron chi connectivity index (χ3n) is 2.55. The van der Waals surface area contributed by atoms with E-state index in [4.69, 9.17) is 10.5 Å². The van der Waals surface area contributed by atoms with Crippen LogP contribution in [-0.2, 0) is 0 Å². The minimum absolute atomic E-state index is 0.0269. The van der Waals surface area contributed by atoms with Gasteiger partial charge in [0, 0.05) is 0 Å². The Labute approximate surface area is 108 Å². The van der Waals surface area contributed by atoms with E-state index in [0.29, 0.717) is 11.5 Å². The largest absolute Gasteiger partial charge is 0.457 e. The SMILES string of the molecule is N[C@@H](c1cccc(Oc2ccccc2)c1)C(F)(F)F. The van der Waals surface area contributed by atoms with Gasteiger partial charge in [0.2, 0.25) is 0 Å². The molecule has 0 aliphatic carbocycles. The fraction of sp³-hybridized carbons (Fsp3) is 0.143. The van der Waals surface area contributed by atoms with Gasteiger partial charge in [-0.05, 0) is 29.8 Å². The van der Waals surface area contributed by atoms with E-state index in [1.54, 1.807) is 30.3 Å². The second-order valence-electron chi connectivity index (χ2n) is 4.01. The molecule has 0 fully saturated rings. The molecule has 19 heavy (non-hydrogen) atoms. The number of alkyl halides is 3. The molecule has 2 aromatic rings. The molecule has 2 aromatic carbocycles. The Balaban J connectivity index is 2.20. The maximum Gasteiger partial charge on any atom is 0.407 e. The van der Waals surface area contributed by atoms with E-state index in [0.717, 1.165) is 0 Å². The first-order valence-electron chi connectivity index (χ1n) is 5.62. The molecule has 2 nitrogen and oxygen atoms in total. The normalized spacial score (nSPS) is 13.1. The minimum Gasteiger partial charge on any atom is -0.457 e. The Bertz CT molecular complexity index is 540. The molecular weight excluding hydrogens is 255 g/mol. The third-order valence-corrected chi connectivity index (χ3v) is 2.55. The maximum absolute atomic E-state index is 12.5. The molecule has 0 spiro atoms. The lowest BCUT2D eigenvalue weighted by molar-refractivity contribution is -0.149. The van der Waals surface area contributed by atoms with Crippen molar-refractivity contribution >= 4 is 0 Å². The van der Waals surface area contributed by atoms with Crippen LogP contribution in [0.15, 0.2) is 54.6 Å². The first-order chi connectivity index (χ1) is 8.97. The summed E-state index contributed by atoms with van der Waals surface area (Å²) in [5.74, 6) is 0.878. The van der Waals surface area contributed by atoms with Crippen LogP contribution in [0.2, 0.25) is 0 Å². The van der Waals surface area contributed by atoms with E-state index in [1.165, 1.54) is 18.2 Å². The molecular formula is C14H12F3NO. The number of benzene rings is 2. The Morgan fingerprint density at radius 1 is 0.895 bits per heavy atom. The molecule has 0 bridgehead atoms. The molecule has 0 unspecified atom stereocenters. The zero-order valence-electron chi connectivity index (χ0n) is 9.89. The second-order valence-corrected chi connectivity index (χ2v) is 4.01. The van der Waals surface area contributed by atoms with Gasteiger partial charge in [0.05, 0.1) is 0 Å². The lowest BCUT2D eigenvalue weighted by Gasteiger charge is -2.16. The molecule has 0 amide bonds. The predicted octanol–water partition coefficient (Wildman–Crippen LogP) is 4.04. The van der Waals surface area contributed by atoms with Gasteiger partial charge < -0.3 is 10.5 Å². The summed E-state index contributed by atoms with van der Waals surface area (Å²) in [4.78, 5) is 0. The van der Waals surface area contributed by atoms with E-state index in [-0.39, 0.29) is 5.56 Å². The van der Waals surface area contributed by atoms with Crippen LogP contribution < -0.4 is 10.5 Å². The molecule has 100 valence electrons. The van der Waals surface area contributed by atoms with Crippen molar-refractivity contribution in [3.63, 3.8) is 0 Å². The van der Waals surface area contributed by atoms with Crippen molar-refractivity contribution in [3.05, 3.63) is 60.2 Å². The van der Waals surface area contributed by atoms with Crippen molar-refractivity contribution in [2.24, 2.45) is 5.73 Å². The van der Waals surface area contributed by atoms with Crippen LogP contribution in [0.3, 0.4) is 0 Å². The molecule has 0 aliphatic heterocycles. The quantitative estimate of drug-likeness (QED) is 0.910. The summed E-state index contributed by atoms with van der Waals surface area (Å²) in [7, 11) is 0. The Hall–Kier alpha value is -2.01. The van der Waals surface area contributed by atoms with Crippen molar-refractivity contribution in [2.75, 3.05) is 0 Å². The van der Waals surface area contributed by atoms with Gasteiger partial charge in [-0.15, -0.1) is 0 Å². The standard InChI is InChI=1S/C14H12F3NO/c15-14(16,17)13(18)10-5-4-8-12(9-10)19-11-6-2-1-3-7-11/h1-9,13H,18H2/t13-/m0/s1. The number of ether oxygens (including phenoxy) is 1. The van der Waals surface area contributed by atoms with Crippen molar-refractivity contribution < 1.29 is 17.9 Å². The maximum atomic E-state index is 12.5. The zero-order chi connectivity index (χ0) is 13.9. The first kappa shape index (κ1) is 13.4. The van der Waals surface area contributed by atoms with Crippen molar-refractivity contribution in [1.82, 2.24) is 0 Å². The highest BCUT2D eigenvalue weighted by atomic mass is 19.4. The summed E-state index contributed by atoms with van der Waals surface area (Å²) in [6, 6.07) is 12.5. The average Bonchev–Trinajstić information content (AvgIpc) is 2.38. The highest BCUT2D eigenvalue weighted by Crippen LogP contribution is 2.32. The van der Waals surface area contributed by atoms with Gasteiger partial charge >= 0.3 is 6.18 Å². The number of rotatable bonds is 3. The van der Waals surface area contributed by atoms with Gasteiger partial charge in [0.15, 0.2) is 0 Å². The number of halogens is 3. The van der Waals surface area contributed by atoms with Gasteiger partial charge in [-0.25, -0.2) is 0 Å². The molecule has 0 radical (unpaired) electrons. The minimum atomic E-state index is -4.47. The Kier molecular flexibility index (Phi) is 3.76. The smallest absolute Gasteiger partial charge is 0.407 e. The van der Waals surface area contributed by atoms with Crippen LogP contribution in [-0.4, -0.2) is 6.18 Å². The Morgan fingerprint density at radius 3 is 2.16 bits per heavy atom. The van der Waals surface area contributed by atoms with E-state index >= 15 is 0 Å². The number of hydrogen-bond acceptors (Lipinski definition) is 2. The monoisotopic (exact) mass is 267 g/mol. The highest BCUT2D eigenvalue weighted by molar-refractivity contribution is 5.35. The highest BCUT2D eigenvalue weighted by Gasteiger charge is 2.37. The van der Waals surface area contributed by atoms with Crippen molar-refractivity contribution in [1.29, 1.82) is 0 Å². The molecule has 0 aromatic heterocycles. The van der Waals surface area contributed by atoms with Crippen LogP contribution >= 0.6 is 0 Å². The number of para-hydroxylation sites is 1. The molecule has 0 heterocycles. The fourth-order valence-corrected chi connectivity index (χ4v) is 1.59. The Morgan fingerprint density at radius 2 is 1.53 bits per heavy atom. The molecule has 2 N–H and O–H groups in total. The van der Waals surface area contributed by atoms with Crippen LogP contribution in [0.4, 0.5) is 13.2 Å². The van der Waals surface area contributed by atoms with Crippen LogP contribution in [0.1, 0.15) is 11.6 Å². The van der Waals surface area contributed by atoms with Crippen LogP contribution in [0, 0.1) is 0 Å². The van der Waals surface area contributed by atoms with Gasteiger partial charge in [-0.1, -0.05) is 30.3 Å². The van der Waals surface area contributed by atoms with Crippen molar-refractivity contribution in [3.8, 4) is 11.5 Å². The zero-order valence-corrected chi connectivity index (χ0v) is 9.89. The van der Waals surface area contributed by atoms with Crippen LogP contribution in [0.25, 0.3) is 0 Å². The van der Waals surface area contributed by atoms with Crippen LogP contribution in [0.5, 0.6) is 11.5 Å². The fourth-order valence-electron chi connectivity index (χ4n) is 1.59. The average molecular weight is 267 g/mol. The summed E-state index contributed by atoms with van der Waals surface area (Å²) in [5.41, 5.74) is 5.13. The lowest BCUT2D eigenvalue weighted by Crippen LogP contribution is -2.28. The van der Waals surface area contributed by atoms with Crippen molar-refractivity contribution in [2.45, 2.75) is 12.2 Å². The number of hydrogen-bond donors (Lipinski definition) is 1. The summed E-state index contributed by atoms with van der Waals surface area (Å²) < 4.78 is 43.0. The first-order valence-corrected chi connectivity index (χ1v) is 5.62. The molecule has 1 atom stereocenters. The predicted molar refractivity (Wildman–Crippen MR) is 65.9 cm³/mol. The molecule has 2 rings (SSSR count). The van der Waals surface area contributed by atoms with Gasteiger partial charge in [0.25, 0.3) is 0 Å². The van der Waals surface area contributed by atoms with E-state index in [9.17, 15) is 13.2 Å². The van der Waals surface area contributed by atoms with Gasteiger partial charge in [0.1, 0.15) is 17.5 Å². The summed E-state index contributed by atoms with van der Waals surface area (Å²) >= 11 is 0. The number of nitrogens with two attached hydrogens (primary N) is 1. The summed E-state index contributed by atoms with van der Waals surface area (Å²) in [6.07, 6.45) is -4.47. The van der Waals surface area contributed by atoms with E-state index in [2.05, 4.69) is 0 Å². The lowest BCUT2D eigenvalue weighted by atomic mass is 10.1. The molecule has 5 heteroatoms.